The van der Waals surface area contributed by atoms with Crippen LogP contribution < -0.4 is 5.32 Å². The first-order chi connectivity index (χ1) is 15.4. The molecule has 1 amide bonds. The van der Waals surface area contributed by atoms with Gasteiger partial charge in [0.1, 0.15) is 23.3 Å². The van der Waals surface area contributed by atoms with Gasteiger partial charge in [0.05, 0.1) is 11.8 Å². The van der Waals surface area contributed by atoms with Crippen molar-refractivity contribution >= 4 is 5.91 Å². The van der Waals surface area contributed by atoms with Crippen molar-refractivity contribution in [3.05, 3.63) is 40.5 Å². The topological polar surface area (TPSA) is 127 Å². The minimum absolute atomic E-state index is 0.151. The van der Waals surface area contributed by atoms with E-state index in [-0.39, 0.29) is 17.5 Å². The number of carbonyl (C=O) groups is 1. The highest BCUT2D eigenvalue weighted by molar-refractivity contribution is 5.94. The molecule has 2 atom stereocenters. The molecule has 174 valence electrons. The molecule has 32 heavy (non-hydrogen) atoms. The van der Waals surface area contributed by atoms with E-state index < -0.39 is 18.1 Å². The number of nitrogens with zero attached hydrogens (tertiary/aromatic N) is 3. The van der Waals surface area contributed by atoms with E-state index >= 15 is 0 Å². The number of aliphatic hydroxyl groups is 1. The van der Waals surface area contributed by atoms with Gasteiger partial charge in [-0.2, -0.15) is 0 Å². The zero-order valence-electron chi connectivity index (χ0n) is 19.6. The number of oxazole rings is 3. The van der Waals surface area contributed by atoms with Gasteiger partial charge in [-0.15, -0.1) is 0 Å². The number of rotatable bonds is 10. The lowest BCUT2D eigenvalue weighted by Gasteiger charge is -2.20. The summed E-state index contributed by atoms with van der Waals surface area (Å²) in [6.45, 7) is 11.4. The van der Waals surface area contributed by atoms with Crippen molar-refractivity contribution in [3.63, 3.8) is 0 Å². The van der Waals surface area contributed by atoms with Gasteiger partial charge in [-0.1, -0.05) is 34.6 Å². The number of aryl methyl sites for hydroxylation is 5. The molecule has 2 N–H and O–H groups in total. The fourth-order valence-corrected chi connectivity index (χ4v) is 3.51. The number of hydrogen-bond donors (Lipinski definition) is 2. The fourth-order valence-electron chi connectivity index (χ4n) is 3.51. The van der Waals surface area contributed by atoms with Crippen molar-refractivity contribution in [1.29, 1.82) is 0 Å². The average molecular weight is 445 g/mol. The molecule has 3 aromatic heterocycles. The third-order valence-corrected chi connectivity index (χ3v) is 5.39. The van der Waals surface area contributed by atoms with Gasteiger partial charge in [0, 0.05) is 25.7 Å². The van der Waals surface area contributed by atoms with E-state index in [1.165, 1.54) is 0 Å². The van der Waals surface area contributed by atoms with Crippen LogP contribution in [-0.2, 0) is 25.7 Å². The third kappa shape index (κ3) is 4.62. The second kappa shape index (κ2) is 10.1. The fraction of sp³-hybridized carbons (Fsp3) is 0.565. The van der Waals surface area contributed by atoms with Crippen LogP contribution in [0.5, 0.6) is 0 Å². The molecular formula is C23H32N4O5. The molecule has 3 rings (SSSR count). The molecule has 0 fully saturated rings. The number of hydrogen-bond acceptors (Lipinski definition) is 8. The van der Waals surface area contributed by atoms with Gasteiger partial charge in [0.2, 0.25) is 11.8 Å². The Morgan fingerprint density at radius 2 is 1.59 bits per heavy atom. The summed E-state index contributed by atoms with van der Waals surface area (Å²) >= 11 is 0. The summed E-state index contributed by atoms with van der Waals surface area (Å²) < 4.78 is 17.4. The Balaban J connectivity index is 1.94. The van der Waals surface area contributed by atoms with Crippen LogP contribution in [0.2, 0.25) is 0 Å². The average Bonchev–Trinajstić information content (AvgIpc) is 3.51. The molecule has 0 spiro atoms. The molecule has 0 radical (unpaired) electrons. The van der Waals surface area contributed by atoms with Gasteiger partial charge in [-0.25, -0.2) is 15.0 Å². The van der Waals surface area contributed by atoms with Crippen LogP contribution in [-0.4, -0.2) is 32.1 Å². The molecule has 0 aliphatic carbocycles. The first-order valence-corrected chi connectivity index (χ1v) is 11.3. The Kier molecular flexibility index (Phi) is 7.50. The second-order valence-corrected chi connectivity index (χ2v) is 7.57. The lowest BCUT2D eigenvalue weighted by Crippen LogP contribution is -2.37. The van der Waals surface area contributed by atoms with E-state index in [4.69, 9.17) is 13.3 Å². The Morgan fingerprint density at radius 1 is 0.906 bits per heavy atom. The van der Waals surface area contributed by atoms with Crippen molar-refractivity contribution in [2.45, 2.75) is 85.8 Å². The van der Waals surface area contributed by atoms with Crippen LogP contribution in [0, 0.1) is 6.92 Å². The highest BCUT2D eigenvalue weighted by Gasteiger charge is 2.31. The number of carbonyl (C=O) groups excluding carboxylic acids is 1. The first kappa shape index (κ1) is 23.7. The Morgan fingerprint density at radius 3 is 2.16 bits per heavy atom. The Hall–Kier alpha value is -2.94. The quantitative estimate of drug-likeness (QED) is 0.478. The van der Waals surface area contributed by atoms with Gasteiger partial charge >= 0.3 is 0 Å². The van der Waals surface area contributed by atoms with Crippen LogP contribution in [0.15, 0.2) is 13.3 Å². The predicted molar refractivity (Wildman–Crippen MR) is 117 cm³/mol. The monoisotopic (exact) mass is 444 g/mol. The maximum absolute atomic E-state index is 13.2. The maximum atomic E-state index is 13.2. The summed E-state index contributed by atoms with van der Waals surface area (Å²) in [6, 6.07) is -0.804. The largest absolute Gasteiger partial charge is 0.445 e. The van der Waals surface area contributed by atoms with Gasteiger partial charge in [-0.05, 0) is 13.3 Å². The molecule has 2 unspecified atom stereocenters. The highest BCUT2D eigenvalue weighted by Crippen LogP contribution is 2.28. The van der Waals surface area contributed by atoms with Crippen LogP contribution in [0.1, 0.15) is 92.3 Å². The summed E-state index contributed by atoms with van der Waals surface area (Å²) in [7, 11) is 0. The standard InChI is InChI=1S/C23H32N4O5/c1-7-13(28)18(22-24-12(6)14(8-2)31-22)26-21(29)19-15(9-3)32-23(27-19)20-16(10-4)30-17(11-5)25-20/h13,18,28H,7-11H2,1-6H3,(H,26,29). The van der Waals surface area contributed by atoms with Gasteiger partial charge in [0.15, 0.2) is 17.3 Å². The molecule has 0 aromatic carbocycles. The molecule has 9 nitrogen and oxygen atoms in total. The highest BCUT2D eigenvalue weighted by atomic mass is 16.4. The third-order valence-electron chi connectivity index (χ3n) is 5.39. The summed E-state index contributed by atoms with van der Waals surface area (Å²) in [6.07, 6.45) is 1.96. The van der Waals surface area contributed by atoms with Gasteiger partial charge in [-0.3, -0.25) is 4.79 Å². The van der Waals surface area contributed by atoms with E-state index in [1.54, 1.807) is 0 Å². The van der Waals surface area contributed by atoms with Crippen molar-refractivity contribution in [1.82, 2.24) is 20.3 Å². The molecule has 0 saturated heterocycles. The molecule has 0 aliphatic heterocycles. The maximum Gasteiger partial charge on any atom is 0.274 e. The molecule has 0 bridgehead atoms. The van der Waals surface area contributed by atoms with Crippen molar-refractivity contribution in [2.24, 2.45) is 0 Å². The van der Waals surface area contributed by atoms with Crippen molar-refractivity contribution in [2.75, 3.05) is 0 Å². The van der Waals surface area contributed by atoms with Crippen LogP contribution in [0.4, 0.5) is 0 Å². The lowest BCUT2D eigenvalue weighted by atomic mass is 10.1. The molecule has 3 aromatic rings. The molecule has 0 aliphatic rings. The van der Waals surface area contributed by atoms with Crippen LogP contribution >= 0.6 is 0 Å². The van der Waals surface area contributed by atoms with Gasteiger partial charge in [0.25, 0.3) is 5.91 Å². The lowest BCUT2D eigenvalue weighted by molar-refractivity contribution is 0.0774. The number of aromatic nitrogens is 3. The van der Waals surface area contributed by atoms with E-state index in [0.29, 0.717) is 55.2 Å². The number of nitrogens with one attached hydrogen (secondary N) is 1. The predicted octanol–water partition coefficient (Wildman–Crippen LogP) is 4.12. The Bertz CT molecular complexity index is 1060. The van der Waals surface area contributed by atoms with Gasteiger partial charge < -0.3 is 23.7 Å². The zero-order valence-corrected chi connectivity index (χ0v) is 19.6. The second-order valence-electron chi connectivity index (χ2n) is 7.57. The minimum Gasteiger partial charge on any atom is -0.445 e. The van der Waals surface area contributed by atoms with E-state index in [9.17, 15) is 9.90 Å². The van der Waals surface area contributed by atoms with E-state index in [2.05, 4.69) is 20.3 Å². The molecule has 9 heteroatoms. The van der Waals surface area contributed by atoms with E-state index in [1.807, 2.05) is 41.5 Å². The minimum atomic E-state index is -0.868. The van der Waals surface area contributed by atoms with Crippen molar-refractivity contribution in [3.8, 4) is 11.6 Å². The van der Waals surface area contributed by atoms with E-state index in [0.717, 1.165) is 11.5 Å². The van der Waals surface area contributed by atoms with Crippen LogP contribution in [0.25, 0.3) is 11.6 Å². The summed E-state index contributed by atoms with van der Waals surface area (Å²) in [5.74, 6) is 2.48. The summed E-state index contributed by atoms with van der Waals surface area (Å²) in [5.41, 5.74) is 1.41. The van der Waals surface area contributed by atoms with Crippen LogP contribution in [0.3, 0.4) is 0 Å². The normalized spacial score (nSPS) is 13.3. The molecular weight excluding hydrogens is 412 g/mol. The first-order valence-electron chi connectivity index (χ1n) is 11.3. The summed E-state index contributed by atoms with van der Waals surface area (Å²) in [5, 5.41) is 13.4. The van der Waals surface area contributed by atoms with Crippen molar-refractivity contribution < 1.29 is 23.2 Å². The molecule has 3 heterocycles. The smallest absolute Gasteiger partial charge is 0.274 e. The molecule has 0 saturated carbocycles. The SMILES string of the molecule is CCc1nc(-c2nc(C(=O)NC(c3nc(C)c(CC)o3)C(O)CC)c(CC)o2)c(CC)o1. The zero-order chi connectivity index (χ0) is 23.4. The summed E-state index contributed by atoms with van der Waals surface area (Å²) in [4.78, 5) is 26.5. The number of aliphatic hydroxyl groups excluding tert-OH is 1. The number of amides is 1. The Labute approximate surface area is 187 Å².